The molecular weight excluding hydrogens is 434 g/mol. The Morgan fingerprint density at radius 3 is 2.52 bits per heavy atom. The third-order valence-electron chi connectivity index (χ3n) is 3.54. The maximum atomic E-state index is 12.1. The molecule has 1 aromatic rings. The average Bonchev–Trinajstić information content (AvgIpc) is 2.87. The number of piperidine rings is 1. The molecule has 1 fully saturated rings. The lowest BCUT2D eigenvalue weighted by Crippen LogP contribution is -2.48. The highest BCUT2D eigenvalue weighted by Gasteiger charge is 2.28. The molecule has 1 aromatic heterocycles. The lowest BCUT2D eigenvalue weighted by molar-refractivity contribution is -0.160. The van der Waals surface area contributed by atoms with E-state index in [2.05, 4.69) is 42.2 Å². The number of hydrogen-bond acceptors (Lipinski definition) is 4. The predicted molar refractivity (Wildman–Crippen MR) is 89.9 cm³/mol. The molecule has 2 N–H and O–H groups in total. The zero-order valence-electron chi connectivity index (χ0n) is 12.5. The molecule has 1 saturated heterocycles. The number of carbonyl (C=O) groups excluding carboxylic acids is 3. The molecule has 0 unspecified atom stereocenters. The molecule has 23 heavy (non-hydrogen) atoms. The minimum absolute atomic E-state index is 0.0328. The Balaban J connectivity index is 1.84. The van der Waals surface area contributed by atoms with Crippen LogP contribution in [0.4, 0.5) is 0 Å². The molecule has 0 spiro atoms. The van der Waals surface area contributed by atoms with E-state index in [0.29, 0.717) is 36.2 Å². The van der Waals surface area contributed by atoms with Gasteiger partial charge in [-0.2, -0.15) is 0 Å². The summed E-state index contributed by atoms with van der Waals surface area (Å²) in [4.78, 5) is 39.8. The van der Waals surface area contributed by atoms with Crippen LogP contribution in [-0.2, 0) is 14.3 Å². The fourth-order valence-corrected chi connectivity index (χ4v) is 2.99. The first-order chi connectivity index (χ1) is 10.9. The third-order valence-corrected chi connectivity index (χ3v) is 5.32. The van der Waals surface area contributed by atoms with Crippen molar-refractivity contribution in [2.45, 2.75) is 25.8 Å². The molecule has 9 heteroatoms. The highest BCUT2D eigenvalue weighted by atomic mass is 79.9. The largest absolute Gasteiger partial charge is 0.459 e. The summed E-state index contributed by atoms with van der Waals surface area (Å²) in [7, 11) is 0. The number of rotatable bonds is 3. The van der Waals surface area contributed by atoms with Crippen molar-refractivity contribution in [1.29, 1.82) is 0 Å². The number of amides is 2. The highest BCUT2D eigenvalue weighted by Crippen LogP contribution is 2.23. The number of halogens is 2. The summed E-state index contributed by atoms with van der Waals surface area (Å²) in [6, 6.07) is 1.66. The minimum Gasteiger partial charge on any atom is -0.459 e. The van der Waals surface area contributed by atoms with Crippen molar-refractivity contribution < 1.29 is 19.1 Å². The van der Waals surface area contributed by atoms with Gasteiger partial charge in [-0.1, -0.05) is 0 Å². The van der Waals surface area contributed by atoms with E-state index < -0.39 is 11.9 Å². The Labute approximate surface area is 150 Å². The number of hydrogen-bond donors (Lipinski definition) is 2. The van der Waals surface area contributed by atoms with Gasteiger partial charge in [0, 0.05) is 19.1 Å². The molecule has 0 radical (unpaired) electrons. The van der Waals surface area contributed by atoms with Crippen molar-refractivity contribution in [3.8, 4) is 0 Å². The van der Waals surface area contributed by atoms with E-state index in [9.17, 15) is 14.4 Å². The summed E-state index contributed by atoms with van der Waals surface area (Å²) in [5.41, 5.74) is 0.453. The van der Waals surface area contributed by atoms with Crippen LogP contribution in [0.1, 0.15) is 30.3 Å². The van der Waals surface area contributed by atoms with Crippen LogP contribution in [0.2, 0.25) is 0 Å². The highest BCUT2D eigenvalue weighted by molar-refractivity contribution is 9.13. The average molecular weight is 451 g/mol. The minimum atomic E-state index is -0.823. The van der Waals surface area contributed by atoms with Gasteiger partial charge in [0.2, 0.25) is 0 Å². The smallest absolute Gasteiger partial charge is 0.397 e. The SMILES string of the molecule is CCOC(=O)C(=O)N1CCC(NC(=O)c2cc(Br)c(Br)[nH]2)CC1. The first-order valence-electron chi connectivity index (χ1n) is 7.23. The summed E-state index contributed by atoms with van der Waals surface area (Å²) in [6.07, 6.45) is 1.19. The van der Waals surface area contributed by atoms with E-state index in [1.807, 2.05) is 0 Å². The van der Waals surface area contributed by atoms with Crippen LogP contribution in [0.25, 0.3) is 0 Å². The molecule has 0 saturated carbocycles. The van der Waals surface area contributed by atoms with Crippen molar-refractivity contribution in [3.05, 3.63) is 20.8 Å². The number of esters is 1. The summed E-state index contributed by atoms with van der Waals surface area (Å²) < 4.78 is 6.19. The topological polar surface area (TPSA) is 91.5 Å². The fourth-order valence-electron chi connectivity index (χ4n) is 2.34. The van der Waals surface area contributed by atoms with Crippen LogP contribution in [0, 0.1) is 0 Å². The van der Waals surface area contributed by atoms with Gasteiger partial charge in [-0.05, 0) is 57.7 Å². The van der Waals surface area contributed by atoms with Crippen molar-refractivity contribution in [3.63, 3.8) is 0 Å². The molecule has 2 heterocycles. The maximum absolute atomic E-state index is 12.1. The van der Waals surface area contributed by atoms with Crippen molar-refractivity contribution >= 4 is 49.6 Å². The van der Waals surface area contributed by atoms with E-state index in [1.165, 1.54) is 4.90 Å². The Hall–Kier alpha value is -1.35. The number of likely N-dealkylation sites (tertiary alicyclic amines) is 1. The molecule has 7 nitrogen and oxygen atoms in total. The Morgan fingerprint density at radius 1 is 1.35 bits per heavy atom. The lowest BCUT2D eigenvalue weighted by Gasteiger charge is -2.31. The second-order valence-corrected chi connectivity index (χ2v) is 6.75. The Morgan fingerprint density at radius 2 is 2.00 bits per heavy atom. The van der Waals surface area contributed by atoms with Gasteiger partial charge in [0.1, 0.15) is 5.69 Å². The van der Waals surface area contributed by atoms with Gasteiger partial charge in [0.15, 0.2) is 0 Å². The van der Waals surface area contributed by atoms with Gasteiger partial charge in [0.25, 0.3) is 5.91 Å². The first-order valence-corrected chi connectivity index (χ1v) is 8.81. The van der Waals surface area contributed by atoms with Crippen molar-refractivity contribution in [2.24, 2.45) is 0 Å². The number of aromatic amines is 1. The van der Waals surface area contributed by atoms with Crippen LogP contribution in [-0.4, -0.2) is 53.4 Å². The number of nitrogens with one attached hydrogen (secondary N) is 2. The number of nitrogens with zero attached hydrogens (tertiary/aromatic N) is 1. The summed E-state index contributed by atoms with van der Waals surface area (Å²) >= 11 is 6.60. The van der Waals surface area contributed by atoms with Crippen LogP contribution in [0.5, 0.6) is 0 Å². The molecule has 0 bridgehead atoms. The standard InChI is InChI=1S/C14H17Br2N3O4/c1-2-23-14(22)13(21)19-5-3-8(4-6-19)17-12(20)10-7-9(15)11(16)18-10/h7-8,18H,2-6H2,1H3,(H,17,20). The van der Waals surface area contributed by atoms with Crippen molar-refractivity contribution in [1.82, 2.24) is 15.2 Å². The van der Waals surface area contributed by atoms with Gasteiger partial charge in [0.05, 0.1) is 15.7 Å². The molecule has 1 aliphatic heterocycles. The van der Waals surface area contributed by atoms with Crippen LogP contribution in [0.3, 0.4) is 0 Å². The monoisotopic (exact) mass is 449 g/mol. The van der Waals surface area contributed by atoms with E-state index in [4.69, 9.17) is 4.74 Å². The Bertz CT molecular complexity index is 590. The normalized spacial score (nSPS) is 15.3. The van der Waals surface area contributed by atoms with Gasteiger partial charge >= 0.3 is 11.9 Å². The Kier molecular flexibility index (Phi) is 6.23. The second-order valence-electron chi connectivity index (χ2n) is 5.11. The van der Waals surface area contributed by atoms with Crippen molar-refractivity contribution in [2.75, 3.05) is 19.7 Å². The van der Waals surface area contributed by atoms with Gasteiger partial charge in [-0.15, -0.1) is 0 Å². The van der Waals surface area contributed by atoms with Gasteiger partial charge in [-0.3, -0.25) is 9.59 Å². The van der Waals surface area contributed by atoms with Crippen LogP contribution < -0.4 is 5.32 Å². The molecule has 0 aromatic carbocycles. The second kappa shape index (κ2) is 7.96. The molecule has 126 valence electrons. The molecular formula is C14H17Br2N3O4. The zero-order chi connectivity index (χ0) is 17.0. The third kappa shape index (κ3) is 4.57. The molecule has 0 aliphatic carbocycles. The summed E-state index contributed by atoms with van der Waals surface area (Å²) in [5, 5.41) is 2.92. The van der Waals surface area contributed by atoms with E-state index in [-0.39, 0.29) is 18.6 Å². The van der Waals surface area contributed by atoms with E-state index in [1.54, 1.807) is 13.0 Å². The molecule has 0 atom stereocenters. The fraction of sp³-hybridized carbons (Fsp3) is 0.500. The summed E-state index contributed by atoms with van der Waals surface area (Å²) in [5.74, 6) is -1.64. The van der Waals surface area contributed by atoms with Gasteiger partial charge in [-0.25, -0.2) is 4.79 Å². The molecule has 2 rings (SSSR count). The number of aromatic nitrogens is 1. The zero-order valence-corrected chi connectivity index (χ0v) is 15.7. The number of carbonyl (C=O) groups is 3. The number of H-pyrrole nitrogens is 1. The predicted octanol–water partition coefficient (Wildman–Crippen LogP) is 1.82. The van der Waals surface area contributed by atoms with Crippen LogP contribution >= 0.6 is 31.9 Å². The molecule has 2 amide bonds. The summed E-state index contributed by atoms with van der Waals surface area (Å²) in [6.45, 7) is 2.67. The van der Waals surface area contributed by atoms with E-state index >= 15 is 0 Å². The lowest BCUT2D eigenvalue weighted by atomic mass is 10.0. The van der Waals surface area contributed by atoms with E-state index in [0.717, 1.165) is 4.47 Å². The number of ether oxygens (including phenoxy) is 1. The maximum Gasteiger partial charge on any atom is 0.397 e. The van der Waals surface area contributed by atoms with Gasteiger partial charge < -0.3 is 19.9 Å². The first kappa shape index (κ1) is 18.0. The molecule has 1 aliphatic rings. The van der Waals surface area contributed by atoms with Crippen LogP contribution in [0.15, 0.2) is 15.1 Å². The quantitative estimate of drug-likeness (QED) is 0.542.